The maximum Gasteiger partial charge on any atom is 0.261 e. The first kappa shape index (κ1) is 10.9. The fourth-order valence-corrected chi connectivity index (χ4v) is 2.43. The molecule has 0 spiro atoms. The van der Waals surface area contributed by atoms with E-state index < -0.39 is 5.67 Å². The Labute approximate surface area is 90.0 Å². The molecule has 0 bridgehead atoms. The van der Waals surface area contributed by atoms with Crippen molar-refractivity contribution in [3.63, 3.8) is 0 Å². The van der Waals surface area contributed by atoms with Gasteiger partial charge in [-0.25, -0.2) is 4.39 Å². The van der Waals surface area contributed by atoms with E-state index in [4.69, 9.17) is 0 Å². The normalized spacial score (nSPS) is 32.7. The quantitative estimate of drug-likeness (QED) is 0.708. The van der Waals surface area contributed by atoms with Crippen molar-refractivity contribution in [2.75, 3.05) is 26.2 Å². The topological polar surface area (TPSA) is 32.3 Å². The van der Waals surface area contributed by atoms with Crippen LogP contribution in [0.25, 0.3) is 0 Å². The minimum atomic E-state index is -1.63. The number of hydrogen-bond acceptors (Lipinski definition) is 2. The van der Waals surface area contributed by atoms with E-state index >= 15 is 0 Å². The molecular formula is C11H19FN2O. The van der Waals surface area contributed by atoms with Crippen molar-refractivity contribution in [3.05, 3.63) is 0 Å². The molecule has 3 nitrogen and oxygen atoms in total. The van der Waals surface area contributed by atoms with Crippen molar-refractivity contribution in [1.82, 2.24) is 10.2 Å². The fraction of sp³-hybridized carbons (Fsp3) is 0.909. The SMILES string of the molecule is O=C(N1CCCCC1)C1(F)CCCNC1. The molecule has 4 heteroatoms. The Kier molecular flexibility index (Phi) is 3.24. The summed E-state index contributed by atoms with van der Waals surface area (Å²) in [5.41, 5.74) is -1.63. The Morgan fingerprint density at radius 2 is 1.93 bits per heavy atom. The summed E-state index contributed by atoms with van der Waals surface area (Å²) >= 11 is 0. The molecule has 0 radical (unpaired) electrons. The maximum atomic E-state index is 14.3. The number of likely N-dealkylation sites (tertiary alicyclic amines) is 1. The van der Waals surface area contributed by atoms with E-state index in [-0.39, 0.29) is 12.5 Å². The number of halogens is 1. The van der Waals surface area contributed by atoms with Gasteiger partial charge < -0.3 is 10.2 Å². The molecule has 2 heterocycles. The highest BCUT2D eigenvalue weighted by atomic mass is 19.1. The second kappa shape index (κ2) is 4.47. The van der Waals surface area contributed by atoms with Gasteiger partial charge in [0.1, 0.15) is 0 Å². The number of nitrogens with zero attached hydrogens (tertiary/aromatic N) is 1. The molecule has 2 fully saturated rings. The van der Waals surface area contributed by atoms with Crippen LogP contribution in [0.15, 0.2) is 0 Å². The van der Waals surface area contributed by atoms with Gasteiger partial charge in [0.15, 0.2) is 0 Å². The molecule has 1 atom stereocenters. The first-order valence-electron chi connectivity index (χ1n) is 5.91. The summed E-state index contributed by atoms with van der Waals surface area (Å²) in [4.78, 5) is 13.7. The van der Waals surface area contributed by atoms with Crippen molar-refractivity contribution < 1.29 is 9.18 Å². The van der Waals surface area contributed by atoms with Crippen LogP contribution in [-0.2, 0) is 4.79 Å². The summed E-state index contributed by atoms with van der Waals surface area (Å²) in [7, 11) is 0. The monoisotopic (exact) mass is 214 g/mol. The van der Waals surface area contributed by atoms with Gasteiger partial charge in [-0.2, -0.15) is 0 Å². The van der Waals surface area contributed by atoms with Crippen LogP contribution < -0.4 is 5.32 Å². The first-order valence-corrected chi connectivity index (χ1v) is 5.91. The van der Waals surface area contributed by atoms with Gasteiger partial charge >= 0.3 is 0 Å². The molecule has 0 aromatic rings. The highest BCUT2D eigenvalue weighted by molar-refractivity contribution is 5.85. The molecule has 1 N–H and O–H groups in total. The van der Waals surface area contributed by atoms with Gasteiger partial charge in [0, 0.05) is 19.6 Å². The van der Waals surface area contributed by atoms with Crippen molar-refractivity contribution in [2.45, 2.75) is 37.8 Å². The standard InChI is InChI=1S/C11H19FN2O/c12-11(5-4-6-13-9-11)10(15)14-7-2-1-3-8-14/h13H,1-9H2. The van der Waals surface area contributed by atoms with Crippen molar-refractivity contribution in [1.29, 1.82) is 0 Å². The van der Waals surface area contributed by atoms with Crippen LogP contribution in [0.1, 0.15) is 32.1 Å². The number of nitrogens with one attached hydrogen (secondary N) is 1. The van der Waals surface area contributed by atoms with Crippen molar-refractivity contribution in [3.8, 4) is 0 Å². The lowest BCUT2D eigenvalue weighted by atomic mass is 9.93. The molecule has 86 valence electrons. The summed E-state index contributed by atoms with van der Waals surface area (Å²) in [5.74, 6) is -0.283. The van der Waals surface area contributed by atoms with Crippen LogP contribution in [0.4, 0.5) is 4.39 Å². The number of carbonyl (C=O) groups excluding carboxylic acids is 1. The summed E-state index contributed by atoms with van der Waals surface area (Å²) in [6.45, 7) is 2.51. The van der Waals surface area contributed by atoms with E-state index in [1.54, 1.807) is 4.90 Å². The van der Waals surface area contributed by atoms with Gasteiger partial charge in [-0.1, -0.05) is 0 Å². The zero-order chi connectivity index (χ0) is 10.7. The third-order valence-electron chi connectivity index (χ3n) is 3.36. The maximum absolute atomic E-state index is 14.3. The Bertz CT molecular complexity index is 233. The van der Waals surface area contributed by atoms with Crippen LogP contribution in [0, 0.1) is 0 Å². The largest absolute Gasteiger partial charge is 0.340 e. The zero-order valence-corrected chi connectivity index (χ0v) is 9.10. The highest BCUT2D eigenvalue weighted by Gasteiger charge is 2.42. The van der Waals surface area contributed by atoms with Gasteiger partial charge in [0.2, 0.25) is 5.67 Å². The minimum absolute atomic E-state index is 0.197. The molecule has 15 heavy (non-hydrogen) atoms. The van der Waals surface area contributed by atoms with E-state index in [0.717, 1.165) is 38.9 Å². The van der Waals surface area contributed by atoms with E-state index in [2.05, 4.69) is 5.32 Å². The molecule has 1 unspecified atom stereocenters. The van der Waals surface area contributed by atoms with Crippen LogP contribution in [-0.4, -0.2) is 42.7 Å². The zero-order valence-electron chi connectivity index (χ0n) is 9.10. The Hall–Kier alpha value is -0.640. The number of rotatable bonds is 1. The average molecular weight is 214 g/mol. The molecule has 0 aliphatic carbocycles. The second-order valence-corrected chi connectivity index (χ2v) is 4.60. The predicted octanol–water partition coefficient (Wildman–Crippen LogP) is 1.09. The van der Waals surface area contributed by atoms with Gasteiger partial charge in [-0.3, -0.25) is 4.79 Å². The van der Waals surface area contributed by atoms with Crippen LogP contribution in [0.5, 0.6) is 0 Å². The Morgan fingerprint density at radius 3 is 2.53 bits per heavy atom. The first-order chi connectivity index (χ1) is 7.22. The van der Waals surface area contributed by atoms with Gasteiger partial charge in [0.05, 0.1) is 0 Å². The molecule has 2 saturated heterocycles. The van der Waals surface area contributed by atoms with E-state index in [1.807, 2.05) is 0 Å². The van der Waals surface area contributed by atoms with E-state index in [0.29, 0.717) is 6.42 Å². The van der Waals surface area contributed by atoms with Gasteiger partial charge in [-0.05, 0) is 38.6 Å². The highest BCUT2D eigenvalue weighted by Crippen LogP contribution is 2.25. The average Bonchev–Trinajstić information content (AvgIpc) is 2.30. The number of hydrogen-bond donors (Lipinski definition) is 1. The lowest BCUT2D eigenvalue weighted by Gasteiger charge is -2.36. The minimum Gasteiger partial charge on any atom is -0.340 e. The number of carbonyl (C=O) groups is 1. The molecule has 2 aliphatic rings. The molecule has 1 amide bonds. The lowest BCUT2D eigenvalue weighted by Crippen LogP contribution is -2.55. The molecule has 0 saturated carbocycles. The van der Waals surface area contributed by atoms with E-state index in [1.165, 1.54) is 6.42 Å². The Morgan fingerprint density at radius 1 is 1.20 bits per heavy atom. The lowest BCUT2D eigenvalue weighted by molar-refractivity contribution is -0.146. The Balaban J connectivity index is 1.98. The summed E-state index contributed by atoms with van der Waals surface area (Å²) in [6.07, 6.45) is 4.36. The van der Waals surface area contributed by atoms with Crippen LogP contribution in [0.2, 0.25) is 0 Å². The summed E-state index contributed by atoms with van der Waals surface area (Å²) in [5, 5.41) is 2.97. The molecule has 2 rings (SSSR count). The predicted molar refractivity (Wildman–Crippen MR) is 56.4 cm³/mol. The third kappa shape index (κ3) is 2.30. The molecule has 0 aromatic heterocycles. The second-order valence-electron chi connectivity index (χ2n) is 4.60. The van der Waals surface area contributed by atoms with Gasteiger partial charge in [-0.15, -0.1) is 0 Å². The number of amides is 1. The fourth-order valence-electron chi connectivity index (χ4n) is 2.43. The van der Waals surface area contributed by atoms with Crippen LogP contribution >= 0.6 is 0 Å². The van der Waals surface area contributed by atoms with Crippen molar-refractivity contribution >= 4 is 5.91 Å². The number of piperidine rings is 2. The molecule has 2 aliphatic heterocycles. The molecular weight excluding hydrogens is 195 g/mol. The van der Waals surface area contributed by atoms with Gasteiger partial charge in [0.25, 0.3) is 5.91 Å². The molecule has 0 aromatic carbocycles. The third-order valence-corrected chi connectivity index (χ3v) is 3.36. The smallest absolute Gasteiger partial charge is 0.261 e. The van der Waals surface area contributed by atoms with Crippen molar-refractivity contribution in [2.24, 2.45) is 0 Å². The van der Waals surface area contributed by atoms with Crippen LogP contribution in [0.3, 0.4) is 0 Å². The van der Waals surface area contributed by atoms with E-state index in [9.17, 15) is 9.18 Å². The number of alkyl halides is 1. The summed E-state index contributed by atoms with van der Waals surface area (Å²) in [6, 6.07) is 0. The summed E-state index contributed by atoms with van der Waals surface area (Å²) < 4.78 is 14.3.